The minimum Gasteiger partial charge on any atom is -0.334 e. The zero-order valence-electron chi connectivity index (χ0n) is 11.4. The van der Waals surface area contributed by atoms with E-state index in [1.54, 1.807) is 0 Å². The Kier molecular flexibility index (Phi) is 4.57. The molecule has 0 aliphatic rings. The number of alkyl halides is 1. The van der Waals surface area contributed by atoms with Gasteiger partial charge in [0.25, 0.3) is 0 Å². The zero-order valence-corrected chi connectivity index (χ0v) is 12.9. The minimum absolute atomic E-state index is 0.0113. The van der Waals surface area contributed by atoms with Gasteiger partial charge in [-0.1, -0.05) is 0 Å². The highest BCUT2D eigenvalue weighted by molar-refractivity contribution is 7.90. The van der Waals surface area contributed by atoms with E-state index in [1.807, 2.05) is 0 Å². The van der Waals surface area contributed by atoms with Gasteiger partial charge < -0.3 is 5.32 Å². The van der Waals surface area contributed by atoms with E-state index in [9.17, 15) is 18.5 Å². The molecule has 2 aromatic rings. The molecule has 0 saturated carbocycles. The lowest BCUT2D eigenvalue weighted by Gasteiger charge is -2.08. The molecule has 1 N–H and O–H groups in total. The van der Waals surface area contributed by atoms with Crippen LogP contribution in [-0.2, 0) is 15.7 Å². The molecule has 0 amide bonds. The number of benzene rings is 1. The van der Waals surface area contributed by atoms with E-state index < -0.39 is 14.8 Å². The van der Waals surface area contributed by atoms with Crippen molar-refractivity contribution in [3.05, 3.63) is 46.4 Å². The van der Waals surface area contributed by atoms with Gasteiger partial charge >= 0.3 is 5.69 Å². The third kappa shape index (κ3) is 3.49. The Bertz CT molecular complexity index is 808. The number of sulfone groups is 1. The van der Waals surface area contributed by atoms with Crippen molar-refractivity contribution >= 4 is 38.6 Å². The first kappa shape index (κ1) is 16.1. The van der Waals surface area contributed by atoms with E-state index in [0.717, 1.165) is 12.6 Å². The highest BCUT2D eigenvalue weighted by Crippen LogP contribution is 2.28. The van der Waals surface area contributed by atoms with Crippen molar-refractivity contribution in [2.75, 3.05) is 11.6 Å². The van der Waals surface area contributed by atoms with Crippen molar-refractivity contribution in [2.24, 2.45) is 0 Å². The molecule has 0 spiro atoms. The number of nitrogens with one attached hydrogen (secondary N) is 1. The van der Waals surface area contributed by atoms with Crippen LogP contribution in [0, 0.1) is 10.1 Å². The molecule has 2 rings (SSSR count). The summed E-state index contributed by atoms with van der Waals surface area (Å²) in [6, 6.07) is 5.77. The molecular formula is C12H11ClN4O4S. The summed E-state index contributed by atoms with van der Waals surface area (Å²) in [5, 5.41) is 13.9. The number of nitro groups is 1. The van der Waals surface area contributed by atoms with Crippen molar-refractivity contribution in [2.45, 2.75) is 10.8 Å². The Morgan fingerprint density at radius 1 is 1.27 bits per heavy atom. The van der Waals surface area contributed by atoms with E-state index in [2.05, 4.69) is 15.3 Å². The van der Waals surface area contributed by atoms with Crippen LogP contribution in [0.3, 0.4) is 0 Å². The molecule has 8 nitrogen and oxygen atoms in total. The van der Waals surface area contributed by atoms with Gasteiger partial charge in [0.2, 0.25) is 5.82 Å². The van der Waals surface area contributed by atoms with Crippen LogP contribution in [0.25, 0.3) is 0 Å². The van der Waals surface area contributed by atoms with Crippen LogP contribution in [0.2, 0.25) is 0 Å². The van der Waals surface area contributed by atoms with Crippen LogP contribution < -0.4 is 5.32 Å². The largest absolute Gasteiger partial charge is 0.334 e. The molecule has 1 aromatic heterocycles. The van der Waals surface area contributed by atoms with E-state index in [1.165, 1.54) is 24.3 Å². The predicted octanol–water partition coefficient (Wildman–Crippen LogP) is 2.27. The fourth-order valence-corrected chi connectivity index (χ4v) is 2.54. The number of hydrogen-bond donors (Lipinski definition) is 1. The Morgan fingerprint density at radius 2 is 1.91 bits per heavy atom. The topological polar surface area (TPSA) is 115 Å². The fraction of sp³-hybridized carbons (Fsp3) is 0.167. The Labute approximate surface area is 131 Å². The highest BCUT2D eigenvalue weighted by atomic mass is 35.5. The maximum Gasteiger partial charge on any atom is 0.334 e. The number of halogens is 1. The van der Waals surface area contributed by atoms with Crippen molar-refractivity contribution < 1.29 is 13.3 Å². The molecule has 0 aliphatic carbocycles. The molecule has 1 heterocycles. The summed E-state index contributed by atoms with van der Waals surface area (Å²) >= 11 is 5.63. The van der Waals surface area contributed by atoms with Crippen LogP contribution in [-0.4, -0.2) is 29.6 Å². The standard InChI is InChI=1S/C12H11ClN4O4S/c1-22(20,21)9-4-2-8(3-5-9)16-12-11(17(18)19)10(6-13)14-7-15-12/h2-5,7H,6H2,1H3,(H,14,15,16). The summed E-state index contributed by atoms with van der Waals surface area (Å²) in [7, 11) is -3.30. The molecule has 0 fully saturated rings. The first-order chi connectivity index (χ1) is 10.3. The van der Waals surface area contributed by atoms with Gasteiger partial charge in [0.05, 0.1) is 15.7 Å². The molecule has 0 radical (unpaired) electrons. The Morgan fingerprint density at radius 3 is 2.41 bits per heavy atom. The van der Waals surface area contributed by atoms with Crippen LogP contribution in [0.4, 0.5) is 17.2 Å². The van der Waals surface area contributed by atoms with E-state index in [0.29, 0.717) is 5.69 Å². The maximum atomic E-state index is 11.4. The summed E-state index contributed by atoms with van der Waals surface area (Å²) in [5.41, 5.74) is 0.233. The normalized spacial score (nSPS) is 11.2. The van der Waals surface area contributed by atoms with Crippen molar-refractivity contribution in [1.82, 2.24) is 9.97 Å². The van der Waals surface area contributed by atoms with Crippen molar-refractivity contribution in [1.29, 1.82) is 0 Å². The lowest BCUT2D eigenvalue weighted by molar-refractivity contribution is -0.385. The zero-order chi connectivity index (χ0) is 16.3. The van der Waals surface area contributed by atoms with Gasteiger partial charge in [-0.3, -0.25) is 10.1 Å². The lowest BCUT2D eigenvalue weighted by Crippen LogP contribution is -2.04. The Hall–Kier alpha value is -2.26. The second-order valence-electron chi connectivity index (χ2n) is 4.33. The summed E-state index contributed by atoms with van der Waals surface area (Å²) < 4.78 is 22.8. The number of rotatable bonds is 5. The second-order valence-corrected chi connectivity index (χ2v) is 6.61. The monoisotopic (exact) mass is 342 g/mol. The molecule has 0 bridgehead atoms. The molecule has 22 heavy (non-hydrogen) atoms. The van der Waals surface area contributed by atoms with Gasteiger partial charge in [-0.15, -0.1) is 11.6 Å². The van der Waals surface area contributed by atoms with Gasteiger partial charge in [0, 0.05) is 11.9 Å². The molecule has 1 aromatic carbocycles. The molecule has 0 aliphatic heterocycles. The van der Waals surface area contributed by atoms with Crippen molar-refractivity contribution in [3.8, 4) is 0 Å². The smallest absolute Gasteiger partial charge is 0.334 e. The number of aromatic nitrogens is 2. The predicted molar refractivity (Wildman–Crippen MR) is 81.1 cm³/mol. The van der Waals surface area contributed by atoms with E-state index in [-0.39, 0.29) is 28.0 Å². The molecule has 0 atom stereocenters. The van der Waals surface area contributed by atoms with Crippen LogP contribution >= 0.6 is 11.6 Å². The van der Waals surface area contributed by atoms with Gasteiger partial charge in [-0.05, 0) is 24.3 Å². The van der Waals surface area contributed by atoms with Crippen molar-refractivity contribution in [3.63, 3.8) is 0 Å². The van der Waals surface area contributed by atoms with Gasteiger partial charge in [0.1, 0.15) is 12.0 Å². The highest BCUT2D eigenvalue weighted by Gasteiger charge is 2.22. The number of nitrogens with zero attached hydrogens (tertiary/aromatic N) is 3. The van der Waals surface area contributed by atoms with Gasteiger partial charge in [0.15, 0.2) is 9.84 Å². The number of anilines is 2. The van der Waals surface area contributed by atoms with Crippen LogP contribution in [0.15, 0.2) is 35.5 Å². The van der Waals surface area contributed by atoms with E-state index in [4.69, 9.17) is 11.6 Å². The van der Waals surface area contributed by atoms with Gasteiger partial charge in [-0.25, -0.2) is 18.4 Å². The Balaban J connectivity index is 2.37. The fourth-order valence-electron chi connectivity index (χ4n) is 1.72. The SMILES string of the molecule is CS(=O)(=O)c1ccc(Nc2ncnc(CCl)c2[N+](=O)[O-])cc1. The summed E-state index contributed by atoms with van der Waals surface area (Å²) in [5.74, 6) is -0.136. The third-order valence-electron chi connectivity index (χ3n) is 2.75. The quantitative estimate of drug-likeness (QED) is 0.503. The second kappa shape index (κ2) is 6.24. The van der Waals surface area contributed by atoms with Crippen LogP contribution in [0.5, 0.6) is 0 Å². The average Bonchev–Trinajstić information content (AvgIpc) is 2.46. The van der Waals surface area contributed by atoms with Crippen LogP contribution in [0.1, 0.15) is 5.69 Å². The van der Waals surface area contributed by atoms with Gasteiger partial charge in [-0.2, -0.15) is 0 Å². The summed E-state index contributed by atoms with van der Waals surface area (Å²) in [6.07, 6.45) is 2.26. The molecule has 10 heteroatoms. The molecular weight excluding hydrogens is 332 g/mol. The summed E-state index contributed by atoms with van der Waals surface area (Å²) in [4.78, 5) is 18.3. The third-order valence-corrected chi connectivity index (χ3v) is 4.13. The molecule has 0 unspecified atom stereocenters. The minimum atomic E-state index is -3.30. The molecule has 116 valence electrons. The first-order valence-corrected chi connectivity index (χ1v) is 8.37. The number of hydrogen-bond acceptors (Lipinski definition) is 7. The first-order valence-electron chi connectivity index (χ1n) is 5.94. The molecule has 0 saturated heterocycles. The average molecular weight is 343 g/mol. The maximum absolute atomic E-state index is 11.4. The summed E-state index contributed by atoms with van der Waals surface area (Å²) in [6.45, 7) is 0. The lowest BCUT2D eigenvalue weighted by atomic mass is 10.3. The van der Waals surface area contributed by atoms with E-state index >= 15 is 0 Å².